The van der Waals surface area contributed by atoms with Crippen molar-refractivity contribution in [3.63, 3.8) is 0 Å². The Balaban J connectivity index is -0.000000620. The Morgan fingerprint density at radius 1 is 1.19 bits per heavy atom. The third-order valence-electron chi connectivity index (χ3n) is 2.39. The summed E-state index contributed by atoms with van der Waals surface area (Å²) in [5.41, 5.74) is 0.501. The Bertz CT molecular complexity index is 571. The number of halogens is 3. The second-order valence-electron chi connectivity index (χ2n) is 5.02. The summed E-state index contributed by atoms with van der Waals surface area (Å²) in [6.07, 6.45) is 1.99. The van der Waals surface area contributed by atoms with Crippen molar-refractivity contribution >= 4 is 11.5 Å². The van der Waals surface area contributed by atoms with Crippen LogP contribution in [0.2, 0.25) is 0 Å². The van der Waals surface area contributed by atoms with Crippen molar-refractivity contribution < 1.29 is 13.2 Å². The zero-order valence-corrected chi connectivity index (χ0v) is 17.7. The van der Waals surface area contributed by atoms with Gasteiger partial charge in [-0.05, 0) is 43.7 Å². The topological polar surface area (TPSA) is 24.4 Å². The molecule has 154 valence electrons. The van der Waals surface area contributed by atoms with E-state index in [1.807, 2.05) is 27.7 Å². The first kappa shape index (κ1) is 29.5. The summed E-state index contributed by atoms with van der Waals surface area (Å²) in [6.45, 7) is 18.9. The van der Waals surface area contributed by atoms with Crippen molar-refractivity contribution in [1.82, 2.24) is 0 Å². The molecule has 0 saturated heterocycles. The van der Waals surface area contributed by atoms with Crippen LogP contribution in [0.4, 0.5) is 18.9 Å². The molecule has 1 rings (SSSR count). The van der Waals surface area contributed by atoms with Gasteiger partial charge in [0.05, 0.1) is 5.56 Å². The molecule has 0 aliphatic heterocycles. The second kappa shape index (κ2) is 18.5. The number of hydrogen-bond donors (Lipinski definition) is 1. The van der Waals surface area contributed by atoms with Gasteiger partial charge in [0.1, 0.15) is 5.84 Å². The lowest BCUT2D eigenvalue weighted by molar-refractivity contribution is -0.137. The summed E-state index contributed by atoms with van der Waals surface area (Å²) >= 11 is 0. The van der Waals surface area contributed by atoms with Gasteiger partial charge in [-0.25, -0.2) is 0 Å². The Hall–Kier alpha value is -2.30. The van der Waals surface area contributed by atoms with Crippen LogP contribution in [-0.2, 0) is 6.18 Å². The minimum Gasteiger partial charge on any atom is -0.341 e. The van der Waals surface area contributed by atoms with Crippen molar-refractivity contribution in [1.29, 1.82) is 0 Å². The largest absolute Gasteiger partial charge is 0.416 e. The van der Waals surface area contributed by atoms with Crippen molar-refractivity contribution in [2.45, 2.75) is 54.1 Å². The first-order valence-electron chi connectivity index (χ1n) is 8.98. The summed E-state index contributed by atoms with van der Waals surface area (Å²) in [6, 6.07) is 4.97. The second-order valence-corrected chi connectivity index (χ2v) is 5.02. The lowest BCUT2D eigenvalue weighted by Gasteiger charge is -2.10. The highest BCUT2D eigenvalue weighted by Crippen LogP contribution is 2.30. The number of anilines is 1. The van der Waals surface area contributed by atoms with Gasteiger partial charge in [-0.3, -0.25) is 4.99 Å². The lowest BCUT2D eigenvalue weighted by Crippen LogP contribution is -2.11. The number of aliphatic imine (C=N–C) groups is 1. The number of nitrogens with one attached hydrogen (secondary N) is 1. The molecular weight excluding hydrogens is 349 g/mol. The number of amidine groups is 1. The van der Waals surface area contributed by atoms with E-state index in [1.165, 1.54) is 12.5 Å². The molecule has 0 spiro atoms. The molecular formula is C22H35F3N2. The normalized spacial score (nSPS) is 10.7. The van der Waals surface area contributed by atoms with Crippen LogP contribution in [0.3, 0.4) is 0 Å². The average molecular weight is 385 g/mol. The molecule has 2 nitrogen and oxygen atoms in total. The quantitative estimate of drug-likeness (QED) is 0.243. The molecule has 27 heavy (non-hydrogen) atoms. The van der Waals surface area contributed by atoms with Crippen LogP contribution in [0.1, 0.15) is 53.5 Å². The molecule has 0 bridgehead atoms. The maximum atomic E-state index is 12.6. The van der Waals surface area contributed by atoms with Gasteiger partial charge < -0.3 is 5.32 Å². The highest BCUT2D eigenvalue weighted by Gasteiger charge is 2.30. The fourth-order valence-electron chi connectivity index (χ4n) is 1.35. The predicted molar refractivity (Wildman–Crippen MR) is 116 cm³/mol. The highest BCUT2D eigenvalue weighted by molar-refractivity contribution is 6.04. The van der Waals surface area contributed by atoms with Gasteiger partial charge >= 0.3 is 6.18 Å². The molecule has 1 aromatic carbocycles. The molecule has 0 amide bonds. The number of rotatable bonds is 3. The Morgan fingerprint density at radius 2 is 1.67 bits per heavy atom. The van der Waals surface area contributed by atoms with E-state index in [0.29, 0.717) is 11.5 Å². The average Bonchev–Trinajstić information content (AvgIpc) is 2.63. The fraction of sp³-hybridized carbons (Fsp3) is 0.409. The van der Waals surface area contributed by atoms with Crippen LogP contribution in [0.5, 0.6) is 0 Å². The summed E-state index contributed by atoms with van der Waals surface area (Å²) in [4.78, 5) is 3.96. The minimum absolute atomic E-state index is 0.337. The first-order valence-corrected chi connectivity index (χ1v) is 8.98. The molecule has 5 heteroatoms. The number of hydrogen-bond acceptors (Lipinski definition) is 1. The van der Waals surface area contributed by atoms with Gasteiger partial charge in [0.15, 0.2) is 0 Å². The standard InChI is InChI=1S/C14H15F3N2.C3H8.C3H6.C2H6/c1-4-10(2)8-13(18-3)19-12-7-5-6-11(9-12)14(15,16)17;2*1-3-2;1-2/h4-9H,1H2,2-3H3,(H,18,19);3H2,1-2H3;3H,1H2,2H3;1-2H3/b10-8-;;;. The van der Waals surface area contributed by atoms with Crippen molar-refractivity contribution in [3.8, 4) is 0 Å². The van der Waals surface area contributed by atoms with E-state index in [2.05, 4.69) is 37.3 Å². The molecule has 0 aliphatic carbocycles. The van der Waals surface area contributed by atoms with Crippen LogP contribution in [-0.4, -0.2) is 12.9 Å². The van der Waals surface area contributed by atoms with Gasteiger partial charge in [-0.15, -0.1) is 6.58 Å². The van der Waals surface area contributed by atoms with E-state index >= 15 is 0 Å². The molecule has 1 N–H and O–H groups in total. The number of alkyl halides is 3. The monoisotopic (exact) mass is 384 g/mol. The SMILES string of the molecule is C=C/C(C)=C\C(=NC)Nc1cccc(C(F)(F)F)c1.C=CC.CC.CCC. The Kier molecular flexibility index (Phi) is 20.2. The summed E-state index contributed by atoms with van der Waals surface area (Å²) in [5, 5.41) is 2.83. The molecule has 0 fully saturated rings. The number of allylic oxidation sites excluding steroid dienone is 3. The smallest absolute Gasteiger partial charge is 0.341 e. The Morgan fingerprint density at radius 3 is 2.04 bits per heavy atom. The summed E-state index contributed by atoms with van der Waals surface area (Å²) in [5.74, 6) is 0.469. The van der Waals surface area contributed by atoms with E-state index in [9.17, 15) is 13.2 Å². The minimum atomic E-state index is -4.35. The maximum absolute atomic E-state index is 12.6. The molecule has 0 heterocycles. The molecule has 0 aliphatic rings. The van der Waals surface area contributed by atoms with E-state index in [4.69, 9.17) is 0 Å². The van der Waals surface area contributed by atoms with Crippen molar-refractivity contribution in [2.24, 2.45) is 4.99 Å². The first-order chi connectivity index (χ1) is 12.7. The van der Waals surface area contributed by atoms with Gasteiger partial charge in [0.25, 0.3) is 0 Å². The zero-order chi connectivity index (χ0) is 21.9. The van der Waals surface area contributed by atoms with Crippen LogP contribution in [0.15, 0.2) is 66.2 Å². The van der Waals surface area contributed by atoms with E-state index < -0.39 is 11.7 Å². The van der Waals surface area contributed by atoms with E-state index in [-0.39, 0.29) is 0 Å². The molecule has 0 aromatic heterocycles. The highest BCUT2D eigenvalue weighted by atomic mass is 19.4. The third-order valence-corrected chi connectivity index (χ3v) is 2.39. The third kappa shape index (κ3) is 16.9. The number of nitrogens with zero attached hydrogens (tertiary/aromatic N) is 1. The van der Waals surface area contributed by atoms with Crippen LogP contribution in [0, 0.1) is 0 Å². The molecule has 0 unspecified atom stereocenters. The zero-order valence-electron chi connectivity index (χ0n) is 17.7. The molecule has 1 aromatic rings. The van der Waals surface area contributed by atoms with Gasteiger partial charge in [-0.2, -0.15) is 13.2 Å². The van der Waals surface area contributed by atoms with Crippen molar-refractivity contribution in [2.75, 3.05) is 12.4 Å². The van der Waals surface area contributed by atoms with E-state index in [0.717, 1.165) is 17.7 Å². The lowest BCUT2D eigenvalue weighted by atomic mass is 10.2. The number of benzene rings is 1. The maximum Gasteiger partial charge on any atom is 0.416 e. The van der Waals surface area contributed by atoms with Crippen LogP contribution >= 0.6 is 0 Å². The van der Waals surface area contributed by atoms with E-state index in [1.54, 1.807) is 31.3 Å². The van der Waals surface area contributed by atoms with Crippen LogP contribution in [0.25, 0.3) is 0 Å². The van der Waals surface area contributed by atoms with Crippen LogP contribution < -0.4 is 5.32 Å². The summed E-state index contributed by atoms with van der Waals surface area (Å²) < 4.78 is 37.7. The van der Waals surface area contributed by atoms with Gasteiger partial charge in [-0.1, -0.05) is 58.9 Å². The molecule has 0 radical (unpaired) electrons. The summed E-state index contributed by atoms with van der Waals surface area (Å²) in [7, 11) is 1.56. The fourth-order valence-corrected chi connectivity index (χ4v) is 1.35. The Labute approximate surface area is 163 Å². The molecule has 0 saturated carbocycles. The van der Waals surface area contributed by atoms with Crippen molar-refractivity contribution in [3.05, 3.63) is 66.8 Å². The molecule has 0 atom stereocenters. The predicted octanol–water partition coefficient (Wildman–Crippen LogP) is 7.91. The van der Waals surface area contributed by atoms with Gasteiger partial charge in [0, 0.05) is 12.7 Å². The van der Waals surface area contributed by atoms with Gasteiger partial charge in [0.2, 0.25) is 0 Å².